The molecule has 2 atom stereocenters. The summed E-state index contributed by atoms with van der Waals surface area (Å²) in [7, 11) is 0. The van der Waals surface area contributed by atoms with E-state index in [1.165, 1.54) is 25.4 Å². The number of nitrogens with zero attached hydrogens (tertiary/aromatic N) is 5. The lowest BCUT2D eigenvalue weighted by Gasteiger charge is -2.35. The molecule has 264 valence electrons. The summed E-state index contributed by atoms with van der Waals surface area (Å²) in [4.78, 5) is 81.0. The largest absolute Gasteiger partial charge is 0.467 e. The molecule has 0 radical (unpaired) electrons. The van der Waals surface area contributed by atoms with Crippen molar-refractivity contribution in [1.82, 2.24) is 35.1 Å². The van der Waals surface area contributed by atoms with Gasteiger partial charge < -0.3 is 39.9 Å². The molecule has 16 heteroatoms. The Bertz CT molecular complexity index is 1520. The Morgan fingerprint density at radius 1 is 0.959 bits per heavy atom. The third kappa shape index (κ3) is 8.86. The summed E-state index contributed by atoms with van der Waals surface area (Å²) in [6.07, 6.45) is 2.97. The van der Waals surface area contributed by atoms with Gasteiger partial charge in [0.05, 0.1) is 12.3 Å². The Kier molecular flexibility index (Phi) is 11.7. The molecular formula is C33H43N7O9. The van der Waals surface area contributed by atoms with Crippen LogP contribution in [-0.2, 0) is 23.9 Å². The van der Waals surface area contributed by atoms with Crippen molar-refractivity contribution in [3.05, 3.63) is 42.1 Å². The molecule has 2 saturated heterocycles. The lowest BCUT2D eigenvalue weighted by molar-refractivity contribution is -0.143. The molecular weight excluding hydrogens is 638 g/mol. The number of rotatable bonds is 13. The van der Waals surface area contributed by atoms with Crippen molar-refractivity contribution >= 4 is 35.7 Å². The van der Waals surface area contributed by atoms with Crippen LogP contribution in [0, 0.1) is 0 Å². The number of benzene rings is 1. The zero-order valence-electron chi connectivity index (χ0n) is 27.5. The van der Waals surface area contributed by atoms with E-state index in [0.717, 1.165) is 19.3 Å². The van der Waals surface area contributed by atoms with Gasteiger partial charge in [0.25, 0.3) is 11.8 Å². The maximum Gasteiger partial charge on any atom is 0.407 e. The van der Waals surface area contributed by atoms with Gasteiger partial charge in [-0.15, -0.1) is 0 Å². The van der Waals surface area contributed by atoms with E-state index in [-0.39, 0.29) is 75.1 Å². The number of nitrogens with one attached hydrogen (secondary N) is 2. The molecule has 1 aromatic carbocycles. The molecule has 2 aromatic rings. The van der Waals surface area contributed by atoms with Crippen molar-refractivity contribution in [2.75, 3.05) is 45.9 Å². The second kappa shape index (κ2) is 16.3. The van der Waals surface area contributed by atoms with Crippen molar-refractivity contribution in [2.45, 2.75) is 70.0 Å². The third-order valence-corrected chi connectivity index (χ3v) is 8.99. The van der Waals surface area contributed by atoms with Crippen LogP contribution in [0.2, 0.25) is 0 Å². The molecule has 1 aromatic heterocycles. The lowest BCUT2D eigenvalue weighted by atomic mass is 9.93. The van der Waals surface area contributed by atoms with Gasteiger partial charge in [-0.2, -0.15) is 5.10 Å². The van der Waals surface area contributed by atoms with Crippen LogP contribution in [0.15, 0.2) is 36.4 Å². The van der Waals surface area contributed by atoms with Crippen LogP contribution in [0.25, 0.3) is 5.69 Å². The van der Waals surface area contributed by atoms with Gasteiger partial charge in [0.1, 0.15) is 12.1 Å². The Morgan fingerprint density at radius 3 is 2.33 bits per heavy atom. The summed E-state index contributed by atoms with van der Waals surface area (Å²) in [6, 6.07) is 8.67. The Hall–Kier alpha value is -5.15. The van der Waals surface area contributed by atoms with Crippen molar-refractivity contribution in [2.24, 2.45) is 0 Å². The fourth-order valence-corrected chi connectivity index (χ4v) is 6.06. The number of aromatic nitrogens is 2. The van der Waals surface area contributed by atoms with E-state index >= 15 is 0 Å². The van der Waals surface area contributed by atoms with Gasteiger partial charge >= 0.3 is 12.1 Å². The van der Waals surface area contributed by atoms with Crippen molar-refractivity contribution in [3.8, 4) is 11.6 Å². The first kappa shape index (κ1) is 35.2. The molecule has 3 aliphatic rings. The van der Waals surface area contributed by atoms with E-state index in [2.05, 4.69) is 15.7 Å². The summed E-state index contributed by atoms with van der Waals surface area (Å²) >= 11 is 0. The predicted octanol–water partition coefficient (Wildman–Crippen LogP) is 1.17. The minimum atomic E-state index is -1.13. The molecule has 1 aliphatic carbocycles. The number of carboxylic acid groups (broad SMARTS) is 1. The number of para-hydroxylation sites is 1. The number of hydrogen-bond donors (Lipinski definition) is 3. The summed E-state index contributed by atoms with van der Waals surface area (Å²) in [5, 5.41) is 19.4. The third-order valence-electron chi connectivity index (χ3n) is 8.99. The Morgan fingerprint density at radius 2 is 1.67 bits per heavy atom. The second-order valence-corrected chi connectivity index (χ2v) is 12.3. The molecule has 0 bridgehead atoms. The Labute approximate surface area is 283 Å². The highest BCUT2D eigenvalue weighted by Crippen LogP contribution is 2.24. The van der Waals surface area contributed by atoms with Gasteiger partial charge in [-0.3, -0.25) is 24.0 Å². The molecule has 0 spiro atoms. The normalized spacial score (nSPS) is 18.3. The minimum absolute atomic E-state index is 0.0505. The van der Waals surface area contributed by atoms with Crippen LogP contribution in [0.3, 0.4) is 0 Å². The summed E-state index contributed by atoms with van der Waals surface area (Å²) in [5.41, 5.74) is 0.448. The van der Waals surface area contributed by atoms with Crippen LogP contribution >= 0.6 is 0 Å². The average molecular weight is 682 g/mol. The number of carbonyl (C=O) groups excluding carboxylic acids is 5. The maximum absolute atomic E-state index is 13.6. The van der Waals surface area contributed by atoms with E-state index in [1.807, 2.05) is 6.07 Å². The first-order chi connectivity index (χ1) is 23.6. The summed E-state index contributed by atoms with van der Waals surface area (Å²) in [6.45, 7) is 2.36. The number of esters is 1. The van der Waals surface area contributed by atoms with E-state index in [0.29, 0.717) is 25.1 Å². The highest BCUT2D eigenvalue weighted by Gasteiger charge is 2.36. The first-order valence-electron chi connectivity index (χ1n) is 16.8. The van der Waals surface area contributed by atoms with Gasteiger partial charge in [-0.05, 0) is 57.6 Å². The van der Waals surface area contributed by atoms with Gasteiger partial charge in [0, 0.05) is 51.3 Å². The van der Waals surface area contributed by atoms with Gasteiger partial charge in [-0.25, -0.2) is 9.48 Å². The van der Waals surface area contributed by atoms with Crippen molar-refractivity contribution < 1.29 is 43.3 Å². The van der Waals surface area contributed by atoms with E-state index in [4.69, 9.17) is 9.47 Å². The van der Waals surface area contributed by atoms with Crippen molar-refractivity contribution in [3.63, 3.8) is 0 Å². The number of ether oxygens (including phenoxy) is 2. The van der Waals surface area contributed by atoms with Crippen LogP contribution in [0.5, 0.6) is 5.88 Å². The molecule has 3 heterocycles. The SMILES string of the molecule is CCOC(=O)CCC(NC(=O)c1cc(OCC(=O)N2CCCC2C(=O)NC2CCC2)n(-c2ccccc2)n1)C(=O)N1CCN(C(=O)O)CC1. The van der Waals surface area contributed by atoms with Crippen LogP contribution < -0.4 is 15.4 Å². The van der Waals surface area contributed by atoms with Crippen LogP contribution in [-0.4, -0.2) is 129 Å². The number of likely N-dealkylation sites (tertiary alicyclic amines) is 1. The van der Waals surface area contributed by atoms with Gasteiger partial charge in [0.15, 0.2) is 12.3 Å². The zero-order chi connectivity index (χ0) is 34.9. The number of piperazine rings is 1. The molecule has 16 nitrogen and oxygen atoms in total. The molecule has 49 heavy (non-hydrogen) atoms. The summed E-state index contributed by atoms with van der Waals surface area (Å²) < 4.78 is 12.3. The molecule has 5 rings (SSSR count). The number of carbonyl (C=O) groups is 6. The monoisotopic (exact) mass is 681 g/mol. The standard InChI is InChI=1S/C33H43N7O9/c1-2-48-29(42)14-13-24(32(45)37-16-18-38(19-17-37)33(46)47)35-30(43)25-20-28(40(36-25)23-10-4-3-5-11-23)49-21-27(41)39-15-7-12-26(39)31(44)34-22-8-6-9-22/h3-5,10-11,20,22,24,26H,2,6-9,12-19,21H2,1H3,(H,34,44)(H,35,43)(H,46,47). The van der Waals surface area contributed by atoms with E-state index < -0.39 is 42.6 Å². The van der Waals surface area contributed by atoms with E-state index in [1.54, 1.807) is 31.2 Å². The van der Waals surface area contributed by atoms with E-state index in [9.17, 15) is 33.9 Å². The molecule has 3 N–H and O–H groups in total. The van der Waals surface area contributed by atoms with Gasteiger partial charge in [-0.1, -0.05) is 18.2 Å². The van der Waals surface area contributed by atoms with Crippen LogP contribution in [0.1, 0.15) is 62.4 Å². The fraction of sp³-hybridized carbons (Fsp3) is 0.545. The highest BCUT2D eigenvalue weighted by atomic mass is 16.5. The van der Waals surface area contributed by atoms with Gasteiger partial charge in [0.2, 0.25) is 17.7 Å². The lowest BCUT2D eigenvalue weighted by Crippen LogP contribution is -2.55. The predicted molar refractivity (Wildman–Crippen MR) is 173 cm³/mol. The molecule has 2 unspecified atom stereocenters. The summed E-state index contributed by atoms with van der Waals surface area (Å²) in [5.74, 6) is -2.14. The topological polar surface area (TPSA) is 193 Å². The molecule has 2 aliphatic heterocycles. The first-order valence-corrected chi connectivity index (χ1v) is 16.8. The fourth-order valence-electron chi connectivity index (χ4n) is 6.06. The maximum atomic E-state index is 13.6. The second-order valence-electron chi connectivity index (χ2n) is 12.3. The molecule has 1 saturated carbocycles. The van der Waals surface area contributed by atoms with Crippen LogP contribution in [0.4, 0.5) is 4.79 Å². The highest BCUT2D eigenvalue weighted by molar-refractivity contribution is 5.96. The smallest absolute Gasteiger partial charge is 0.407 e. The molecule has 5 amide bonds. The van der Waals surface area contributed by atoms with Crippen molar-refractivity contribution in [1.29, 1.82) is 0 Å². The Balaban J connectivity index is 1.29. The zero-order valence-corrected chi connectivity index (χ0v) is 27.5. The quantitative estimate of drug-likeness (QED) is 0.259. The number of hydrogen-bond acceptors (Lipinski definition) is 9. The average Bonchev–Trinajstić information content (AvgIpc) is 3.76. The number of amides is 5. The minimum Gasteiger partial charge on any atom is -0.467 e. The molecule has 3 fully saturated rings.